The molecule has 0 aromatic carbocycles. The number of ether oxygens (including phenoxy) is 1. The van der Waals surface area contributed by atoms with Crippen LogP contribution >= 0.6 is 0 Å². The van der Waals surface area contributed by atoms with Gasteiger partial charge in [-0.05, 0) is 20.8 Å². The van der Waals surface area contributed by atoms with E-state index in [0.29, 0.717) is 26.1 Å². The number of hydrogen-bond donors (Lipinski definition) is 1. The molecule has 0 aromatic heterocycles. The average Bonchev–Trinajstić information content (AvgIpc) is 2.08. The fourth-order valence-corrected chi connectivity index (χ4v) is 1.19. The van der Waals surface area contributed by atoms with Crippen molar-refractivity contribution in [3.8, 4) is 0 Å². The van der Waals surface area contributed by atoms with Crippen LogP contribution in [0.3, 0.4) is 0 Å². The number of carbonyl (C=O) groups is 1. The van der Waals surface area contributed by atoms with Crippen molar-refractivity contribution >= 4 is 5.91 Å². The molecule has 0 aliphatic heterocycles. The Labute approximate surface area is 85.9 Å². The maximum atomic E-state index is 11.5. The van der Waals surface area contributed by atoms with E-state index in [1.807, 2.05) is 6.92 Å². The lowest BCUT2D eigenvalue weighted by Crippen LogP contribution is -2.42. The van der Waals surface area contributed by atoms with Crippen LogP contribution in [0.5, 0.6) is 0 Å². The Morgan fingerprint density at radius 3 is 2.43 bits per heavy atom. The number of aliphatic hydroxyl groups is 1. The lowest BCUT2D eigenvalue weighted by Gasteiger charge is -2.28. The van der Waals surface area contributed by atoms with E-state index in [1.54, 1.807) is 25.9 Å². The van der Waals surface area contributed by atoms with Crippen molar-refractivity contribution in [3.63, 3.8) is 0 Å². The van der Waals surface area contributed by atoms with Crippen molar-refractivity contribution in [2.24, 2.45) is 0 Å². The van der Waals surface area contributed by atoms with Gasteiger partial charge in [0.25, 0.3) is 0 Å². The molecule has 0 rings (SSSR count). The highest BCUT2D eigenvalue weighted by molar-refractivity contribution is 5.76. The summed E-state index contributed by atoms with van der Waals surface area (Å²) in [6.07, 6.45) is 0.375. The molecule has 1 N–H and O–H groups in total. The summed E-state index contributed by atoms with van der Waals surface area (Å²) in [5.74, 6) is 0.0245. The molecule has 0 bridgehead atoms. The molecule has 0 saturated carbocycles. The first-order valence-electron chi connectivity index (χ1n) is 4.89. The molecule has 0 fully saturated rings. The van der Waals surface area contributed by atoms with E-state index in [0.717, 1.165) is 0 Å². The Balaban J connectivity index is 4.06. The summed E-state index contributed by atoms with van der Waals surface area (Å²) in [7, 11) is 1.57. The topological polar surface area (TPSA) is 49.8 Å². The second-order valence-electron chi connectivity index (χ2n) is 3.96. The summed E-state index contributed by atoms with van der Waals surface area (Å²) in [4.78, 5) is 13.2. The van der Waals surface area contributed by atoms with Gasteiger partial charge in [0.2, 0.25) is 5.91 Å². The summed E-state index contributed by atoms with van der Waals surface area (Å²) >= 11 is 0. The fourth-order valence-electron chi connectivity index (χ4n) is 1.19. The van der Waals surface area contributed by atoms with Gasteiger partial charge in [-0.3, -0.25) is 4.79 Å². The molecule has 0 aromatic rings. The van der Waals surface area contributed by atoms with Crippen LogP contribution in [0, 0.1) is 0 Å². The standard InChI is InChI=1S/C10H21NO3/c1-5-11(8-10(2,3)13)9(12)6-7-14-4/h13H,5-8H2,1-4H3. The van der Waals surface area contributed by atoms with Crippen LogP contribution in [0.1, 0.15) is 27.2 Å². The molecule has 0 aliphatic rings. The smallest absolute Gasteiger partial charge is 0.224 e. The fraction of sp³-hybridized carbons (Fsp3) is 0.900. The van der Waals surface area contributed by atoms with Crippen molar-refractivity contribution in [2.75, 3.05) is 26.8 Å². The minimum absolute atomic E-state index is 0.0245. The minimum atomic E-state index is -0.835. The zero-order valence-corrected chi connectivity index (χ0v) is 9.54. The predicted octanol–water partition coefficient (Wildman–Crippen LogP) is 0.642. The second-order valence-corrected chi connectivity index (χ2v) is 3.96. The molecule has 0 spiro atoms. The number of likely N-dealkylation sites (N-methyl/N-ethyl adjacent to an activating group) is 1. The van der Waals surface area contributed by atoms with Crippen LogP contribution in [-0.4, -0.2) is 48.3 Å². The van der Waals surface area contributed by atoms with Gasteiger partial charge in [0.05, 0.1) is 18.6 Å². The third-order valence-corrected chi connectivity index (χ3v) is 1.83. The van der Waals surface area contributed by atoms with Gasteiger partial charge in [-0.25, -0.2) is 0 Å². The van der Waals surface area contributed by atoms with E-state index < -0.39 is 5.60 Å². The molecule has 84 valence electrons. The van der Waals surface area contributed by atoms with E-state index >= 15 is 0 Å². The Morgan fingerprint density at radius 1 is 1.50 bits per heavy atom. The summed E-state index contributed by atoms with van der Waals surface area (Å²) in [6.45, 7) is 6.70. The maximum absolute atomic E-state index is 11.5. The van der Waals surface area contributed by atoms with Gasteiger partial charge in [0, 0.05) is 20.2 Å². The number of methoxy groups -OCH3 is 1. The van der Waals surface area contributed by atoms with Gasteiger partial charge in [-0.1, -0.05) is 0 Å². The van der Waals surface area contributed by atoms with Gasteiger partial charge in [-0.15, -0.1) is 0 Å². The molecular weight excluding hydrogens is 182 g/mol. The first-order chi connectivity index (χ1) is 6.40. The molecule has 1 amide bonds. The quantitative estimate of drug-likeness (QED) is 0.689. The molecule has 0 radical (unpaired) electrons. The SMILES string of the molecule is CCN(CC(C)(C)O)C(=O)CCOC. The zero-order valence-electron chi connectivity index (χ0n) is 9.54. The van der Waals surface area contributed by atoms with E-state index in [4.69, 9.17) is 4.74 Å². The van der Waals surface area contributed by atoms with Crippen LogP contribution < -0.4 is 0 Å². The monoisotopic (exact) mass is 203 g/mol. The largest absolute Gasteiger partial charge is 0.389 e. The number of carbonyl (C=O) groups excluding carboxylic acids is 1. The Morgan fingerprint density at radius 2 is 2.07 bits per heavy atom. The van der Waals surface area contributed by atoms with Crippen molar-refractivity contribution in [1.29, 1.82) is 0 Å². The van der Waals surface area contributed by atoms with Crippen LogP contribution in [0.25, 0.3) is 0 Å². The van der Waals surface area contributed by atoms with Gasteiger partial charge >= 0.3 is 0 Å². The van der Waals surface area contributed by atoms with Crippen molar-refractivity contribution in [1.82, 2.24) is 4.90 Å². The number of hydrogen-bond acceptors (Lipinski definition) is 3. The first kappa shape index (κ1) is 13.4. The normalized spacial score (nSPS) is 11.5. The molecule has 0 heterocycles. The predicted molar refractivity (Wildman–Crippen MR) is 55.0 cm³/mol. The highest BCUT2D eigenvalue weighted by Crippen LogP contribution is 2.06. The molecule has 0 unspecified atom stereocenters. The summed E-state index contributed by atoms with van der Waals surface area (Å²) in [5, 5.41) is 9.57. The number of rotatable bonds is 6. The molecule has 0 atom stereocenters. The number of amides is 1. The van der Waals surface area contributed by atoms with E-state index in [-0.39, 0.29) is 5.91 Å². The van der Waals surface area contributed by atoms with Gasteiger partial charge in [0.1, 0.15) is 0 Å². The van der Waals surface area contributed by atoms with Crippen molar-refractivity contribution < 1.29 is 14.6 Å². The summed E-state index contributed by atoms with van der Waals surface area (Å²) in [6, 6.07) is 0. The van der Waals surface area contributed by atoms with Gasteiger partial charge in [0.15, 0.2) is 0 Å². The van der Waals surface area contributed by atoms with E-state index in [2.05, 4.69) is 0 Å². The minimum Gasteiger partial charge on any atom is -0.389 e. The van der Waals surface area contributed by atoms with Crippen molar-refractivity contribution in [2.45, 2.75) is 32.8 Å². The van der Waals surface area contributed by atoms with E-state index in [9.17, 15) is 9.90 Å². The maximum Gasteiger partial charge on any atom is 0.224 e. The van der Waals surface area contributed by atoms with Crippen LogP contribution in [-0.2, 0) is 9.53 Å². The van der Waals surface area contributed by atoms with Crippen LogP contribution in [0.15, 0.2) is 0 Å². The molecular formula is C10H21NO3. The molecule has 4 nitrogen and oxygen atoms in total. The molecule has 0 saturated heterocycles. The molecule has 4 heteroatoms. The van der Waals surface area contributed by atoms with Gasteiger partial charge < -0.3 is 14.7 Å². The first-order valence-corrected chi connectivity index (χ1v) is 4.89. The molecule has 0 aliphatic carbocycles. The number of nitrogens with zero attached hydrogens (tertiary/aromatic N) is 1. The summed E-state index contributed by atoms with van der Waals surface area (Å²) in [5.41, 5.74) is -0.835. The lowest BCUT2D eigenvalue weighted by molar-refractivity contribution is -0.134. The Hall–Kier alpha value is -0.610. The lowest BCUT2D eigenvalue weighted by atomic mass is 10.1. The van der Waals surface area contributed by atoms with Crippen LogP contribution in [0.2, 0.25) is 0 Å². The third-order valence-electron chi connectivity index (χ3n) is 1.83. The highest BCUT2D eigenvalue weighted by Gasteiger charge is 2.20. The molecule has 14 heavy (non-hydrogen) atoms. The average molecular weight is 203 g/mol. The van der Waals surface area contributed by atoms with Crippen LogP contribution in [0.4, 0.5) is 0 Å². The third kappa shape index (κ3) is 5.94. The Bertz CT molecular complexity index is 175. The van der Waals surface area contributed by atoms with Gasteiger partial charge in [-0.2, -0.15) is 0 Å². The Kier molecular flexibility index (Phi) is 5.72. The second kappa shape index (κ2) is 5.98. The summed E-state index contributed by atoms with van der Waals surface area (Å²) < 4.78 is 4.83. The van der Waals surface area contributed by atoms with Crippen molar-refractivity contribution in [3.05, 3.63) is 0 Å². The zero-order chi connectivity index (χ0) is 11.2. The van der Waals surface area contributed by atoms with E-state index in [1.165, 1.54) is 0 Å². The highest BCUT2D eigenvalue weighted by atomic mass is 16.5.